The Hall–Kier alpha value is -2.61. The van der Waals surface area contributed by atoms with Crippen LogP contribution in [0.4, 0.5) is 0 Å². The van der Waals surface area contributed by atoms with E-state index in [9.17, 15) is 19.5 Å². The number of carboxylic acids is 1. The standard InChI is InChI=1S/C23H33N3O5/c1-17(27)25-13-11-24(12-14-25)9-7-20-16-26(10-8-19(20)15-22(28)29)23(30)18-3-5-21(31-2)6-4-18/h3-6,19-20H,7-16H2,1-2H3,(H,28,29)/t19-,20-/m0/s1. The van der Waals surface area contributed by atoms with Crippen LogP contribution in [0.1, 0.15) is 36.5 Å². The maximum absolute atomic E-state index is 13.0. The summed E-state index contributed by atoms with van der Waals surface area (Å²) in [4.78, 5) is 41.9. The minimum absolute atomic E-state index is 0.0171. The third-order valence-corrected chi connectivity index (χ3v) is 6.59. The first-order chi connectivity index (χ1) is 14.9. The number of methoxy groups -OCH3 is 1. The molecule has 3 rings (SSSR count). The molecule has 2 amide bonds. The van der Waals surface area contributed by atoms with Crippen molar-refractivity contribution in [1.82, 2.24) is 14.7 Å². The fourth-order valence-electron chi connectivity index (χ4n) is 4.64. The summed E-state index contributed by atoms with van der Waals surface area (Å²) >= 11 is 0. The van der Waals surface area contributed by atoms with E-state index in [1.54, 1.807) is 38.3 Å². The van der Waals surface area contributed by atoms with Crippen molar-refractivity contribution in [2.45, 2.75) is 26.2 Å². The average Bonchev–Trinajstić information content (AvgIpc) is 2.78. The normalized spacial score (nSPS) is 22.3. The van der Waals surface area contributed by atoms with Gasteiger partial charge in [0.05, 0.1) is 7.11 Å². The number of benzene rings is 1. The number of ether oxygens (including phenoxy) is 1. The number of nitrogens with zero attached hydrogens (tertiary/aromatic N) is 3. The van der Waals surface area contributed by atoms with E-state index in [2.05, 4.69) is 4.90 Å². The van der Waals surface area contributed by atoms with Gasteiger partial charge in [0, 0.05) is 58.2 Å². The van der Waals surface area contributed by atoms with Gasteiger partial charge in [-0.1, -0.05) is 0 Å². The maximum atomic E-state index is 13.0. The van der Waals surface area contributed by atoms with Crippen molar-refractivity contribution < 1.29 is 24.2 Å². The van der Waals surface area contributed by atoms with Crippen molar-refractivity contribution in [1.29, 1.82) is 0 Å². The summed E-state index contributed by atoms with van der Waals surface area (Å²) in [6.07, 6.45) is 1.70. The van der Waals surface area contributed by atoms with E-state index in [0.717, 1.165) is 39.1 Å². The number of carbonyl (C=O) groups is 3. The summed E-state index contributed by atoms with van der Waals surface area (Å²) in [5, 5.41) is 9.34. The van der Waals surface area contributed by atoms with Gasteiger partial charge in [-0.15, -0.1) is 0 Å². The van der Waals surface area contributed by atoms with Crippen LogP contribution in [-0.4, -0.2) is 90.5 Å². The minimum Gasteiger partial charge on any atom is -0.497 e. The van der Waals surface area contributed by atoms with Gasteiger partial charge in [-0.2, -0.15) is 0 Å². The lowest BCUT2D eigenvalue weighted by molar-refractivity contribution is -0.139. The van der Waals surface area contributed by atoms with Crippen molar-refractivity contribution in [3.05, 3.63) is 29.8 Å². The SMILES string of the molecule is COc1ccc(C(=O)N2CC[C@@H](CC(=O)O)[C@@H](CCN3CCN(C(C)=O)CC3)C2)cc1. The molecule has 2 fully saturated rings. The van der Waals surface area contributed by atoms with E-state index >= 15 is 0 Å². The Bertz CT molecular complexity index is 774. The van der Waals surface area contributed by atoms with Gasteiger partial charge in [0.15, 0.2) is 0 Å². The molecule has 2 saturated heterocycles. The second-order valence-corrected chi connectivity index (χ2v) is 8.52. The molecule has 0 spiro atoms. The van der Waals surface area contributed by atoms with Crippen molar-refractivity contribution >= 4 is 17.8 Å². The van der Waals surface area contributed by atoms with Gasteiger partial charge in [0.25, 0.3) is 5.91 Å². The van der Waals surface area contributed by atoms with Crippen molar-refractivity contribution in [2.75, 3.05) is 52.9 Å². The van der Waals surface area contributed by atoms with Crippen molar-refractivity contribution in [2.24, 2.45) is 11.8 Å². The molecule has 0 bridgehead atoms. The first-order valence-corrected chi connectivity index (χ1v) is 11.0. The Morgan fingerprint density at radius 2 is 1.68 bits per heavy atom. The zero-order valence-corrected chi connectivity index (χ0v) is 18.5. The molecule has 1 aromatic rings. The number of hydrogen-bond acceptors (Lipinski definition) is 5. The van der Waals surface area contributed by atoms with Crippen LogP contribution in [0.25, 0.3) is 0 Å². The molecule has 2 heterocycles. The first-order valence-electron chi connectivity index (χ1n) is 11.0. The number of carboxylic acid groups (broad SMARTS) is 1. The van der Waals surface area contributed by atoms with Gasteiger partial charge < -0.3 is 19.6 Å². The number of piperazine rings is 1. The molecule has 8 heteroatoms. The molecule has 8 nitrogen and oxygen atoms in total. The van der Waals surface area contributed by atoms with Crippen molar-refractivity contribution in [3.8, 4) is 5.75 Å². The number of piperidine rings is 1. The van der Waals surface area contributed by atoms with Crippen LogP contribution >= 0.6 is 0 Å². The summed E-state index contributed by atoms with van der Waals surface area (Å²) in [6, 6.07) is 7.10. The highest BCUT2D eigenvalue weighted by molar-refractivity contribution is 5.94. The Labute approximate surface area is 183 Å². The van der Waals surface area contributed by atoms with E-state index in [0.29, 0.717) is 30.8 Å². The fourth-order valence-corrected chi connectivity index (χ4v) is 4.64. The van der Waals surface area contributed by atoms with Gasteiger partial charge >= 0.3 is 5.97 Å². The van der Waals surface area contributed by atoms with Crippen LogP contribution in [0.5, 0.6) is 5.75 Å². The highest BCUT2D eigenvalue weighted by Crippen LogP contribution is 2.30. The maximum Gasteiger partial charge on any atom is 0.303 e. The molecule has 31 heavy (non-hydrogen) atoms. The zero-order chi connectivity index (χ0) is 22.4. The van der Waals surface area contributed by atoms with Crippen LogP contribution in [0, 0.1) is 11.8 Å². The number of likely N-dealkylation sites (tertiary alicyclic amines) is 1. The van der Waals surface area contributed by atoms with Crippen LogP contribution in [-0.2, 0) is 9.59 Å². The molecular formula is C23H33N3O5. The number of hydrogen-bond donors (Lipinski definition) is 1. The third kappa shape index (κ3) is 6.19. The molecule has 0 aromatic heterocycles. The lowest BCUT2D eigenvalue weighted by Gasteiger charge is -2.40. The van der Waals surface area contributed by atoms with Crippen LogP contribution in [0.2, 0.25) is 0 Å². The number of rotatable bonds is 7. The molecule has 1 N–H and O–H groups in total. The summed E-state index contributed by atoms with van der Waals surface area (Å²) < 4.78 is 5.16. The Morgan fingerprint density at radius 3 is 2.26 bits per heavy atom. The molecule has 170 valence electrons. The van der Waals surface area contributed by atoms with E-state index < -0.39 is 5.97 Å². The topological polar surface area (TPSA) is 90.4 Å². The second kappa shape index (κ2) is 10.6. The summed E-state index contributed by atoms with van der Waals surface area (Å²) in [7, 11) is 1.59. The van der Waals surface area contributed by atoms with Gasteiger partial charge in [-0.05, 0) is 55.5 Å². The highest BCUT2D eigenvalue weighted by atomic mass is 16.5. The lowest BCUT2D eigenvalue weighted by Crippen LogP contribution is -2.49. The minimum atomic E-state index is -0.778. The van der Waals surface area contributed by atoms with E-state index in [-0.39, 0.29) is 30.1 Å². The first kappa shape index (κ1) is 23.1. The molecule has 0 aliphatic carbocycles. The predicted octanol–water partition coefficient (Wildman–Crippen LogP) is 1.80. The monoisotopic (exact) mass is 431 g/mol. The molecule has 0 unspecified atom stereocenters. The second-order valence-electron chi connectivity index (χ2n) is 8.52. The largest absolute Gasteiger partial charge is 0.497 e. The Morgan fingerprint density at radius 1 is 1.00 bits per heavy atom. The fraction of sp³-hybridized carbons (Fsp3) is 0.609. The number of amides is 2. The molecule has 0 radical (unpaired) electrons. The molecule has 2 atom stereocenters. The van der Waals surface area contributed by atoms with Crippen LogP contribution < -0.4 is 4.74 Å². The molecule has 2 aliphatic heterocycles. The average molecular weight is 432 g/mol. The van der Waals surface area contributed by atoms with Crippen LogP contribution in [0.15, 0.2) is 24.3 Å². The molecular weight excluding hydrogens is 398 g/mol. The Kier molecular flexibility index (Phi) is 7.90. The predicted molar refractivity (Wildman–Crippen MR) is 116 cm³/mol. The summed E-state index contributed by atoms with van der Waals surface area (Å²) in [6.45, 7) is 6.77. The van der Waals surface area contributed by atoms with Gasteiger partial charge in [0.1, 0.15) is 5.75 Å². The lowest BCUT2D eigenvalue weighted by atomic mass is 9.81. The summed E-state index contributed by atoms with van der Waals surface area (Å²) in [5.41, 5.74) is 0.622. The highest BCUT2D eigenvalue weighted by Gasteiger charge is 2.33. The van der Waals surface area contributed by atoms with E-state index in [4.69, 9.17) is 4.74 Å². The third-order valence-electron chi connectivity index (χ3n) is 6.59. The van der Waals surface area contributed by atoms with E-state index in [1.165, 1.54) is 0 Å². The molecule has 0 saturated carbocycles. The van der Waals surface area contributed by atoms with Crippen LogP contribution in [0.3, 0.4) is 0 Å². The smallest absolute Gasteiger partial charge is 0.303 e. The Balaban J connectivity index is 1.60. The molecule has 1 aromatic carbocycles. The summed E-state index contributed by atoms with van der Waals surface area (Å²) in [5.74, 6) is 0.255. The van der Waals surface area contributed by atoms with E-state index in [1.807, 2.05) is 9.80 Å². The quantitative estimate of drug-likeness (QED) is 0.708. The molecule has 2 aliphatic rings. The van der Waals surface area contributed by atoms with Gasteiger partial charge in [-0.3, -0.25) is 19.3 Å². The van der Waals surface area contributed by atoms with Crippen molar-refractivity contribution in [3.63, 3.8) is 0 Å². The number of carbonyl (C=O) groups excluding carboxylic acids is 2. The van der Waals surface area contributed by atoms with Gasteiger partial charge in [-0.25, -0.2) is 0 Å². The van der Waals surface area contributed by atoms with Gasteiger partial charge in [0.2, 0.25) is 5.91 Å². The zero-order valence-electron chi connectivity index (χ0n) is 18.5. The number of aliphatic carboxylic acids is 1.